The summed E-state index contributed by atoms with van der Waals surface area (Å²) >= 11 is 0. The predicted molar refractivity (Wildman–Crippen MR) is 128 cm³/mol. The largest absolute Gasteiger partial charge is 0.303 e. The van der Waals surface area contributed by atoms with Crippen LogP contribution in [0, 0.1) is 29.9 Å². The molecule has 3 aromatic carbocycles. The quantitative estimate of drug-likeness (QED) is 0.403. The summed E-state index contributed by atoms with van der Waals surface area (Å²) in [6, 6.07) is 24.3. The van der Waals surface area contributed by atoms with E-state index in [1.54, 1.807) is 0 Å². The molecule has 1 heterocycles. The topological polar surface area (TPSA) is 27.0 Å². The van der Waals surface area contributed by atoms with E-state index < -0.39 is 5.41 Å². The Kier molecular flexibility index (Phi) is 7.20. The fraction of sp³-hybridized carbons (Fsp3) is 0.345. The first-order valence-electron chi connectivity index (χ1n) is 11.7. The third-order valence-electron chi connectivity index (χ3n) is 7.04. The Morgan fingerprint density at radius 3 is 1.85 bits per heavy atom. The third-order valence-corrected chi connectivity index (χ3v) is 7.04. The molecule has 0 bridgehead atoms. The summed E-state index contributed by atoms with van der Waals surface area (Å²) in [5, 5.41) is 9.97. The van der Waals surface area contributed by atoms with Crippen LogP contribution in [-0.2, 0) is 5.41 Å². The first-order chi connectivity index (χ1) is 16.0. The molecule has 0 saturated carbocycles. The van der Waals surface area contributed by atoms with Crippen molar-refractivity contribution in [3.63, 3.8) is 0 Å². The second-order valence-electron chi connectivity index (χ2n) is 9.20. The van der Waals surface area contributed by atoms with Gasteiger partial charge in [-0.15, -0.1) is 0 Å². The Morgan fingerprint density at radius 1 is 0.848 bits per heavy atom. The molecule has 0 unspecified atom stereocenters. The van der Waals surface area contributed by atoms with Crippen molar-refractivity contribution >= 4 is 0 Å². The summed E-state index contributed by atoms with van der Waals surface area (Å²) in [4.78, 5) is 2.44. The van der Waals surface area contributed by atoms with Crippen LogP contribution in [0.4, 0.5) is 8.78 Å². The molecule has 0 amide bonds. The van der Waals surface area contributed by atoms with Gasteiger partial charge in [0.15, 0.2) is 0 Å². The van der Waals surface area contributed by atoms with Crippen LogP contribution in [-0.4, -0.2) is 24.5 Å². The molecule has 1 fully saturated rings. The number of nitrogens with zero attached hydrogens (tertiary/aromatic N) is 2. The molecule has 3 aromatic rings. The van der Waals surface area contributed by atoms with Gasteiger partial charge in [0.1, 0.15) is 11.6 Å². The van der Waals surface area contributed by atoms with Crippen molar-refractivity contribution in [3.05, 3.63) is 107 Å². The Balaban J connectivity index is 1.38. The van der Waals surface area contributed by atoms with Crippen LogP contribution in [0.2, 0.25) is 0 Å². The summed E-state index contributed by atoms with van der Waals surface area (Å²) in [7, 11) is 0. The van der Waals surface area contributed by atoms with Crippen molar-refractivity contribution in [1.82, 2.24) is 4.90 Å². The van der Waals surface area contributed by atoms with E-state index in [9.17, 15) is 14.0 Å². The lowest BCUT2D eigenvalue weighted by Gasteiger charge is -2.38. The van der Waals surface area contributed by atoms with Gasteiger partial charge in [0.05, 0.1) is 11.5 Å². The van der Waals surface area contributed by atoms with Crippen molar-refractivity contribution in [3.8, 4) is 6.07 Å². The van der Waals surface area contributed by atoms with E-state index in [-0.39, 0.29) is 17.6 Å². The molecule has 1 aliphatic heterocycles. The van der Waals surface area contributed by atoms with Gasteiger partial charge in [0, 0.05) is 5.92 Å². The van der Waals surface area contributed by atoms with Gasteiger partial charge >= 0.3 is 0 Å². The summed E-state index contributed by atoms with van der Waals surface area (Å²) in [6.07, 6.45) is 3.55. The van der Waals surface area contributed by atoms with Gasteiger partial charge in [-0.3, -0.25) is 0 Å². The standard InChI is InChI=1S/C29H30F2N2/c1-22-4-10-25(11-5-22)29(21-32)16-19-33(20-17-29)18-2-3-28(23-6-12-26(30)13-7-23)24-8-14-27(31)15-9-24/h4-15,28H,2-3,16-20H2,1H3. The lowest BCUT2D eigenvalue weighted by atomic mass is 9.74. The summed E-state index contributed by atoms with van der Waals surface area (Å²) in [5.74, 6) is -0.402. The zero-order valence-electron chi connectivity index (χ0n) is 19.1. The highest BCUT2D eigenvalue weighted by molar-refractivity contribution is 5.35. The fourth-order valence-corrected chi connectivity index (χ4v) is 4.93. The maximum atomic E-state index is 13.5. The number of hydrogen-bond acceptors (Lipinski definition) is 2. The zero-order valence-corrected chi connectivity index (χ0v) is 19.1. The number of hydrogen-bond donors (Lipinski definition) is 0. The number of nitriles is 1. The summed E-state index contributed by atoms with van der Waals surface area (Å²) < 4.78 is 26.9. The average Bonchev–Trinajstić information content (AvgIpc) is 2.84. The molecular weight excluding hydrogens is 414 g/mol. The van der Waals surface area contributed by atoms with Gasteiger partial charge in [-0.25, -0.2) is 8.78 Å². The van der Waals surface area contributed by atoms with Crippen molar-refractivity contribution in [2.45, 2.75) is 43.9 Å². The normalized spacial score (nSPS) is 16.0. The fourth-order valence-electron chi connectivity index (χ4n) is 4.93. The highest BCUT2D eigenvalue weighted by atomic mass is 19.1. The Morgan fingerprint density at radius 2 is 1.36 bits per heavy atom. The molecule has 33 heavy (non-hydrogen) atoms. The summed E-state index contributed by atoms with van der Waals surface area (Å²) in [6.45, 7) is 4.82. The molecule has 0 N–H and O–H groups in total. The van der Waals surface area contributed by atoms with Crippen LogP contribution in [0.1, 0.15) is 53.9 Å². The number of aryl methyl sites for hydroxylation is 1. The summed E-state index contributed by atoms with van der Waals surface area (Å²) in [5.41, 5.74) is 4.03. The molecule has 2 nitrogen and oxygen atoms in total. The Hall–Kier alpha value is -3.03. The first-order valence-corrected chi connectivity index (χ1v) is 11.7. The van der Waals surface area contributed by atoms with E-state index in [1.165, 1.54) is 29.8 Å². The Labute approximate surface area is 195 Å². The van der Waals surface area contributed by atoms with E-state index in [0.717, 1.165) is 62.0 Å². The van der Waals surface area contributed by atoms with Gasteiger partial charge in [0.2, 0.25) is 0 Å². The lowest BCUT2D eigenvalue weighted by molar-refractivity contribution is 0.183. The first kappa shape index (κ1) is 23.1. The van der Waals surface area contributed by atoms with E-state index in [4.69, 9.17) is 0 Å². The molecule has 1 aliphatic rings. The Bertz CT molecular complexity index is 1030. The molecule has 0 atom stereocenters. The van der Waals surface area contributed by atoms with Crippen LogP contribution >= 0.6 is 0 Å². The van der Waals surface area contributed by atoms with E-state index in [1.807, 2.05) is 24.3 Å². The van der Waals surface area contributed by atoms with Crippen molar-refractivity contribution in [2.75, 3.05) is 19.6 Å². The number of piperidine rings is 1. The second-order valence-corrected chi connectivity index (χ2v) is 9.20. The molecule has 170 valence electrons. The molecule has 0 aromatic heterocycles. The maximum Gasteiger partial charge on any atom is 0.123 e. The number of halogens is 2. The van der Waals surface area contributed by atoms with Crippen molar-refractivity contribution < 1.29 is 8.78 Å². The monoisotopic (exact) mass is 444 g/mol. The zero-order chi connectivity index (χ0) is 23.3. The molecule has 0 radical (unpaired) electrons. The van der Waals surface area contributed by atoms with Crippen molar-refractivity contribution in [2.24, 2.45) is 0 Å². The minimum atomic E-state index is -0.394. The van der Waals surface area contributed by atoms with Gasteiger partial charge in [0.25, 0.3) is 0 Å². The van der Waals surface area contributed by atoms with Crippen LogP contribution < -0.4 is 0 Å². The minimum absolute atomic E-state index is 0.0988. The number of likely N-dealkylation sites (tertiary alicyclic amines) is 1. The van der Waals surface area contributed by atoms with E-state index in [2.05, 4.69) is 42.2 Å². The van der Waals surface area contributed by atoms with E-state index in [0.29, 0.717) is 0 Å². The molecule has 4 rings (SSSR count). The molecule has 0 spiro atoms. The van der Waals surface area contributed by atoms with Crippen LogP contribution in [0.15, 0.2) is 72.8 Å². The molecule has 4 heteroatoms. The third kappa shape index (κ3) is 5.49. The minimum Gasteiger partial charge on any atom is -0.303 e. The molecule has 0 aliphatic carbocycles. The predicted octanol–water partition coefficient (Wildman–Crippen LogP) is 6.74. The highest BCUT2D eigenvalue weighted by Gasteiger charge is 2.36. The van der Waals surface area contributed by atoms with Gasteiger partial charge in [-0.2, -0.15) is 5.26 Å². The van der Waals surface area contributed by atoms with Crippen LogP contribution in [0.3, 0.4) is 0 Å². The average molecular weight is 445 g/mol. The van der Waals surface area contributed by atoms with Crippen LogP contribution in [0.5, 0.6) is 0 Å². The van der Waals surface area contributed by atoms with Crippen LogP contribution in [0.25, 0.3) is 0 Å². The van der Waals surface area contributed by atoms with Gasteiger partial charge in [-0.1, -0.05) is 54.1 Å². The van der Waals surface area contributed by atoms with Gasteiger partial charge in [-0.05, 0) is 93.2 Å². The second kappa shape index (κ2) is 10.3. The number of benzene rings is 3. The van der Waals surface area contributed by atoms with Crippen molar-refractivity contribution in [1.29, 1.82) is 5.26 Å². The number of rotatable bonds is 7. The van der Waals surface area contributed by atoms with Gasteiger partial charge < -0.3 is 4.90 Å². The van der Waals surface area contributed by atoms with E-state index >= 15 is 0 Å². The molecular formula is C29H30F2N2. The molecule has 1 saturated heterocycles. The lowest BCUT2D eigenvalue weighted by Crippen LogP contribution is -2.42. The smallest absolute Gasteiger partial charge is 0.123 e. The SMILES string of the molecule is Cc1ccc(C2(C#N)CCN(CCCC(c3ccc(F)cc3)c3ccc(F)cc3)CC2)cc1. The highest BCUT2D eigenvalue weighted by Crippen LogP contribution is 2.36. The maximum absolute atomic E-state index is 13.5.